The summed E-state index contributed by atoms with van der Waals surface area (Å²) >= 11 is 0. The Morgan fingerprint density at radius 1 is 0.939 bits per heavy atom. The number of amides is 2. The highest BCUT2D eigenvalue weighted by Gasteiger charge is 2.36. The smallest absolute Gasteiger partial charge is 0.416 e. The van der Waals surface area contributed by atoms with Crippen LogP contribution in [0.5, 0.6) is 0 Å². The zero-order valence-electron chi connectivity index (χ0n) is 25.7. The van der Waals surface area contributed by atoms with E-state index in [0.29, 0.717) is 44.8 Å². The lowest BCUT2D eigenvalue weighted by Crippen LogP contribution is -2.42. The zero-order chi connectivity index (χ0) is 34.9. The van der Waals surface area contributed by atoms with Crippen molar-refractivity contribution in [2.75, 3.05) is 18.8 Å². The highest BCUT2D eigenvalue weighted by Crippen LogP contribution is 2.38. The molecule has 0 atom stereocenters. The predicted octanol–water partition coefficient (Wildman–Crippen LogP) is 8.10. The van der Waals surface area contributed by atoms with Crippen LogP contribution in [0.1, 0.15) is 40.1 Å². The van der Waals surface area contributed by atoms with Crippen LogP contribution in [0.3, 0.4) is 0 Å². The second-order valence-corrected chi connectivity index (χ2v) is 11.6. The Bertz CT molecular complexity index is 2040. The summed E-state index contributed by atoms with van der Waals surface area (Å²) in [4.78, 5) is 30.6. The number of anilines is 1. The SMILES string of the molecule is Nc1ccc(/C=C/C(=O)NCc2cc3cc(-c4ccc(C(=O)N5CCC(F)(F)CC5)cc4F)cc(-c4ccc(C(F)(F)F)cc4)c3o2)cn1. The molecular weight excluding hydrogens is 650 g/mol. The lowest BCUT2D eigenvalue weighted by molar-refractivity contribution is -0.137. The molecule has 1 aliphatic rings. The first-order chi connectivity index (χ1) is 23.3. The number of benzene rings is 3. The third-order valence-corrected chi connectivity index (χ3v) is 8.17. The number of carbonyl (C=O) groups is 2. The predicted molar refractivity (Wildman–Crippen MR) is 172 cm³/mol. The number of alkyl halides is 5. The van der Waals surface area contributed by atoms with Gasteiger partial charge in [-0.2, -0.15) is 13.2 Å². The van der Waals surface area contributed by atoms with Gasteiger partial charge >= 0.3 is 6.18 Å². The number of nitrogen functional groups attached to an aromatic ring is 1. The summed E-state index contributed by atoms with van der Waals surface area (Å²) in [6.45, 7) is -0.336. The molecule has 0 spiro atoms. The largest absolute Gasteiger partial charge is 0.459 e. The fraction of sp³-hybridized carbons (Fsp3) is 0.194. The van der Waals surface area contributed by atoms with E-state index in [1.165, 1.54) is 41.4 Å². The topological polar surface area (TPSA) is 101 Å². The number of hydrogen-bond acceptors (Lipinski definition) is 5. The van der Waals surface area contributed by atoms with E-state index in [2.05, 4.69) is 10.3 Å². The summed E-state index contributed by atoms with van der Waals surface area (Å²) in [7, 11) is 0. The quantitative estimate of drug-likeness (QED) is 0.134. The maximum Gasteiger partial charge on any atom is 0.416 e. The Morgan fingerprint density at radius 3 is 2.33 bits per heavy atom. The van der Waals surface area contributed by atoms with Crippen LogP contribution < -0.4 is 11.1 Å². The molecule has 2 aromatic heterocycles. The van der Waals surface area contributed by atoms with Crippen LogP contribution in [0.25, 0.3) is 39.3 Å². The van der Waals surface area contributed by atoms with E-state index < -0.39 is 48.1 Å². The van der Waals surface area contributed by atoms with Crippen LogP contribution in [0.15, 0.2) is 89.5 Å². The molecule has 1 saturated heterocycles. The molecule has 1 fully saturated rings. The van der Waals surface area contributed by atoms with Crippen molar-refractivity contribution in [3.8, 4) is 22.3 Å². The van der Waals surface area contributed by atoms with Crippen molar-refractivity contribution < 1.29 is 40.3 Å². The number of piperidine rings is 1. The molecule has 3 N–H and O–H groups in total. The van der Waals surface area contributed by atoms with Crippen LogP contribution in [0.4, 0.5) is 32.2 Å². The Hall–Kier alpha value is -5.59. The molecule has 3 heterocycles. The second-order valence-electron chi connectivity index (χ2n) is 11.6. The van der Waals surface area contributed by atoms with Crippen LogP contribution in [0.2, 0.25) is 0 Å². The Balaban J connectivity index is 1.30. The summed E-state index contributed by atoms with van der Waals surface area (Å²) in [5.41, 5.74) is 6.83. The van der Waals surface area contributed by atoms with Crippen molar-refractivity contribution in [2.45, 2.75) is 31.5 Å². The zero-order valence-corrected chi connectivity index (χ0v) is 25.7. The number of pyridine rings is 1. The molecule has 3 aromatic carbocycles. The van der Waals surface area contributed by atoms with E-state index in [9.17, 15) is 31.5 Å². The van der Waals surface area contributed by atoms with E-state index in [1.807, 2.05) is 0 Å². The number of halogens is 6. The Kier molecular flexibility index (Phi) is 8.93. The lowest BCUT2D eigenvalue weighted by Gasteiger charge is -2.31. The van der Waals surface area contributed by atoms with Crippen LogP contribution in [0, 0.1) is 5.82 Å². The molecule has 0 aliphatic carbocycles. The molecule has 0 saturated carbocycles. The fourth-order valence-corrected chi connectivity index (χ4v) is 5.52. The molecule has 49 heavy (non-hydrogen) atoms. The third-order valence-electron chi connectivity index (χ3n) is 8.17. The Labute approximate surface area is 276 Å². The van der Waals surface area contributed by atoms with Crippen molar-refractivity contribution in [3.05, 3.63) is 113 Å². The number of furan rings is 1. The maximum absolute atomic E-state index is 15.6. The van der Waals surface area contributed by atoms with Crippen molar-refractivity contribution in [2.24, 2.45) is 0 Å². The van der Waals surface area contributed by atoms with Crippen molar-refractivity contribution in [3.63, 3.8) is 0 Å². The first kappa shape index (κ1) is 33.3. The number of nitrogens with two attached hydrogens (primary N) is 1. The number of carbonyl (C=O) groups excluding carboxylic acids is 2. The van der Waals surface area contributed by atoms with Crippen molar-refractivity contribution in [1.29, 1.82) is 0 Å². The summed E-state index contributed by atoms with van der Waals surface area (Å²) in [6.07, 6.45) is -1.14. The van der Waals surface area contributed by atoms with Crippen LogP contribution in [-0.4, -0.2) is 40.7 Å². The van der Waals surface area contributed by atoms with Gasteiger partial charge in [0.1, 0.15) is 23.0 Å². The minimum Gasteiger partial charge on any atom is -0.459 e. The normalized spacial score (nSPS) is 14.8. The highest BCUT2D eigenvalue weighted by molar-refractivity contribution is 5.98. The number of nitrogens with zero attached hydrogens (tertiary/aromatic N) is 2. The minimum absolute atomic E-state index is 0.00134. The third kappa shape index (κ3) is 7.61. The van der Waals surface area contributed by atoms with E-state index in [-0.39, 0.29) is 30.8 Å². The molecule has 5 aromatic rings. The molecule has 6 rings (SSSR count). The van der Waals surface area contributed by atoms with Gasteiger partial charge in [-0.3, -0.25) is 9.59 Å². The number of fused-ring (bicyclic) bond motifs is 1. The van der Waals surface area contributed by atoms with Gasteiger partial charge in [-0.05, 0) is 77.4 Å². The molecule has 7 nitrogen and oxygen atoms in total. The number of rotatable bonds is 7. The molecule has 13 heteroatoms. The fourth-order valence-electron chi connectivity index (χ4n) is 5.52. The van der Waals surface area contributed by atoms with E-state index in [4.69, 9.17) is 10.2 Å². The van der Waals surface area contributed by atoms with Crippen LogP contribution >= 0.6 is 0 Å². The maximum atomic E-state index is 15.6. The highest BCUT2D eigenvalue weighted by atomic mass is 19.4. The van der Waals surface area contributed by atoms with Gasteiger partial charge in [0.15, 0.2) is 0 Å². The summed E-state index contributed by atoms with van der Waals surface area (Å²) in [6, 6.07) is 16.3. The van der Waals surface area contributed by atoms with E-state index >= 15 is 4.39 Å². The van der Waals surface area contributed by atoms with Gasteiger partial charge in [0, 0.05) is 60.3 Å². The number of likely N-dealkylation sites (tertiary alicyclic amines) is 1. The van der Waals surface area contributed by atoms with Gasteiger partial charge in [-0.25, -0.2) is 18.2 Å². The second kappa shape index (κ2) is 13.1. The molecule has 0 bridgehead atoms. The summed E-state index contributed by atoms with van der Waals surface area (Å²) < 4.78 is 88.8. The monoisotopic (exact) mass is 678 g/mol. The molecule has 0 unspecified atom stereocenters. The standard InChI is InChI=1S/C36H28F6N4O3/c37-30-18-23(34(48)46-13-11-35(38,39)12-14-46)5-8-28(30)24-15-25-16-27(20-45-32(47)10-2-21-1-9-31(43)44-19-21)49-33(25)29(17-24)22-3-6-26(7-4-22)36(40,41)42/h1-10,15-19H,11-14,20H2,(H2,43,44)(H,45,47)/b10-2+. The average Bonchev–Trinajstić information content (AvgIpc) is 3.49. The summed E-state index contributed by atoms with van der Waals surface area (Å²) in [5.74, 6) is -3.94. The Morgan fingerprint density at radius 2 is 1.67 bits per heavy atom. The molecule has 2 amide bonds. The lowest BCUT2D eigenvalue weighted by atomic mass is 9.95. The van der Waals surface area contributed by atoms with Crippen LogP contribution in [-0.2, 0) is 17.5 Å². The van der Waals surface area contributed by atoms with Crippen molar-refractivity contribution >= 4 is 34.7 Å². The molecule has 252 valence electrons. The van der Waals surface area contributed by atoms with Crippen molar-refractivity contribution in [1.82, 2.24) is 15.2 Å². The van der Waals surface area contributed by atoms with E-state index in [1.54, 1.807) is 36.4 Å². The number of nitrogens with one attached hydrogen (secondary N) is 1. The molecule has 0 radical (unpaired) electrons. The van der Waals surface area contributed by atoms with Gasteiger partial charge in [-0.15, -0.1) is 0 Å². The van der Waals surface area contributed by atoms with Gasteiger partial charge in [0.25, 0.3) is 11.8 Å². The van der Waals surface area contributed by atoms with Gasteiger partial charge in [0.2, 0.25) is 5.91 Å². The summed E-state index contributed by atoms with van der Waals surface area (Å²) in [5, 5.41) is 3.18. The van der Waals surface area contributed by atoms with Gasteiger partial charge in [0.05, 0.1) is 12.1 Å². The molecular formula is C36H28F6N4O3. The van der Waals surface area contributed by atoms with Gasteiger partial charge in [-0.1, -0.05) is 18.2 Å². The first-order valence-electron chi connectivity index (χ1n) is 15.1. The number of aromatic nitrogens is 1. The first-order valence-corrected chi connectivity index (χ1v) is 15.1. The molecule has 1 aliphatic heterocycles. The number of hydrogen-bond donors (Lipinski definition) is 2. The van der Waals surface area contributed by atoms with Gasteiger partial charge < -0.3 is 20.4 Å². The minimum atomic E-state index is -4.55. The average molecular weight is 679 g/mol. The van der Waals surface area contributed by atoms with E-state index in [0.717, 1.165) is 18.2 Å².